The Morgan fingerprint density at radius 2 is 1.81 bits per heavy atom. The second kappa shape index (κ2) is 5.45. The number of halogens is 1. The summed E-state index contributed by atoms with van der Waals surface area (Å²) in [5, 5.41) is 13.8. The van der Waals surface area contributed by atoms with Crippen LogP contribution >= 0.6 is 0 Å². The molecule has 0 spiro atoms. The van der Waals surface area contributed by atoms with E-state index in [1.165, 1.54) is 12.1 Å². The van der Waals surface area contributed by atoms with Crippen molar-refractivity contribution in [3.05, 3.63) is 72.4 Å². The van der Waals surface area contributed by atoms with E-state index in [-0.39, 0.29) is 5.82 Å². The molecule has 26 heavy (non-hydrogen) atoms. The second-order valence-corrected chi connectivity index (χ2v) is 6.10. The largest absolute Gasteiger partial charge is 0.265 e. The van der Waals surface area contributed by atoms with Gasteiger partial charge in [0.1, 0.15) is 12.1 Å². The molecule has 3 aromatic heterocycles. The van der Waals surface area contributed by atoms with Crippen LogP contribution < -0.4 is 0 Å². The van der Waals surface area contributed by atoms with E-state index in [0.29, 0.717) is 11.3 Å². The van der Waals surface area contributed by atoms with Gasteiger partial charge in [0.2, 0.25) is 0 Å². The summed E-state index contributed by atoms with van der Waals surface area (Å²) in [6.45, 7) is 2.04. The van der Waals surface area contributed by atoms with Crippen LogP contribution in [0, 0.1) is 12.7 Å². The first kappa shape index (κ1) is 14.7. The Bertz CT molecular complexity index is 1250. The van der Waals surface area contributed by atoms with E-state index in [9.17, 15) is 4.39 Å². The molecule has 0 amide bonds. The van der Waals surface area contributed by atoms with Crippen LogP contribution in [0.3, 0.4) is 0 Å². The average Bonchev–Trinajstić information content (AvgIpc) is 3.26. The number of rotatable bonds is 2. The summed E-state index contributed by atoms with van der Waals surface area (Å²) < 4.78 is 16.7. The van der Waals surface area contributed by atoms with Crippen molar-refractivity contribution in [1.29, 1.82) is 0 Å². The van der Waals surface area contributed by atoms with E-state index in [4.69, 9.17) is 0 Å². The van der Waals surface area contributed by atoms with Crippen LogP contribution in [0.25, 0.3) is 33.8 Å². The van der Waals surface area contributed by atoms with Crippen molar-refractivity contribution < 1.29 is 4.39 Å². The van der Waals surface area contributed by atoms with Gasteiger partial charge in [-0.15, -0.1) is 10.2 Å². The molecule has 0 aliphatic rings. The van der Waals surface area contributed by atoms with Gasteiger partial charge in [-0.2, -0.15) is 5.10 Å². The van der Waals surface area contributed by atoms with Crippen LogP contribution in [0.15, 0.2) is 61.1 Å². The zero-order chi connectivity index (χ0) is 17.7. The molecule has 5 aromatic rings. The van der Waals surface area contributed by atoms with Gasteiger partial charge in [-0.1, -0.05) is 23.8 Å². The van der Waals surface area contributed by atoms with Crippen LogP contribution in [0.1, 0.15) is 5.56 Å². The lowest BCUT2D eigenvalue weighted by molar-refractivity contribution is 0.627. The van der Waals surface area contributed by atoms with Gasteiger partial charge in [-0.3, -0.25) is 4.40 Å². The highest BCUT2D eigenvalue weighted by Crippen LogP contribution is 2.24. The van der Waals surface area contributed by atoms with Gasteiger partial charge < -0.3 is 0 Å². The zero-order valence-electron chi connectivity index (χ0n) is 13.8. The van der Waals surface area contributed by atoms with E-state index in [1.54, 1.807) is 29.3 Å². The minimum absolute atomic E-state index is 0.291. The van der Waals surface area contributed by atoms with Crippen molar-refractivity contribution in [2.24, 2.45) is 0 Å². The normalized spacial score (nSPS) is 11.5. The molecule has 0 bridgehead atoms. The van der Waals surface area contributed by atoms with E-state index < -0.39 is 0 Å². The Morgan fingerprint density at radius 1 is 0.962 bits per heavy atom. The number of hydrogen-bond donors (Lipinski definition) is 0. The molecule has 2 aromatic carbocycles. The summed E-state index contributed by atoms with van der Waals surface area (Å²) in [6.07, 6.45) is 3.40. The molecule has 0 saturated carbocycles. The maximum atomic E-state index is 13.2. The molecule has 3 heterocycles. The molecule has 0 atom stereocenters. The molecular formula is C19H13FN6. The monoisotopic (exact) mass is 344 g/mol. The number of aromatic nitrogens is 6. The Balaban J connectivity index is 1.71. The SMILES string of the molecule is Cc1cccc(-c2nnc3c4cnn(-c5ccc(F)cc5)c4ncn23)c1. The van der Waals surface area contributed by atoms with Crippen molar-refractivity contribution in [1.82, 2.24) is 29.4 Å². The molecule has 7 heteroatoms. The highest BCUT2D eigenvalue weighted by Gasteiger charge is 2.15. The zero-order valence-corrected chi connectivity index (χ0v) is 13.8. The van der Waals surface area contributed by atoms with Crippen LogP contribution in [0.2, 0.25) is 0 Å². The van der Waals surface area contributed by atoms with Crippen LogP contribution in [-0.2, 0) is 0 Å². The van der Waals surface area contributed by atoms with E-state index in [1.807, 2.05) is 29.5 Å². The highest BCUT2D eigenvalue weighted by molar-refractivity contribution is 5.90. The van der Waals surface area contributed by atoms with Crippen molar-refractivity contribution in [3.8, 4) is 17.1 Å². The molecule has 0 fully saturated rings. The van der Waals surface area contributed by atoms with Gasteiger partial charge >= 0.3 is 0 Å². The summed E-state index contributed by atoms with van der Waals surface area (Å²) in [6, 6.07) is 14.2. The molecule has 0 aliphatic carbocycles. The van der Waals surface area contributed by atoms with Crippen LogP contribution in [-0.4, -0.2) is 29.4 Å². The number of aryl methyl sites for hydroxylation is 1. The molecule has 0 radical (unpaired) electrons. The summed E-state index contributed by atoms with van der Waals surface area (Å²) in [7, 11) is 0. The molecular weight excluding hydrogens is 331 g/mol. The smallest absolute Gasteiger partial charge is 0.175 e. The molecule has 0 saturated heterocycles. The first-order valence-electron chi connectivity index (χ1n) is 8.11. The third-order valence-corrected chi connectivity index (χ3v) is 4.32. The van der Waals surface area contributed by atoms with Crippen molar-refractivity contribution in [3.63, 3.8) is 0 Å². The summed E-state index contributed by atoms with van der Waals surface area (Å²) in [5.41, 5.74) is 4.19. The Morgan fingerprint density at radius 3 is 2.62 bits per heavy atom. The van der Waals surface area contributed by atoms with Crippen LogP contribution in [0.5, 0.6) is 0 Å². The standard InChI is InChI=1S/C19H13FN6/c1-12-3-2-4-13(9-12)17-23-24-19-16-10-22-26(18(16)21-11-25(17)19)15-7-5-14(20)6-8-15/h2-11H,1H3. The fourth-order valence-corrected chi connectivity index (χ4v) is 3.07. The predicted octanol–water partition coefficient (Wildman–Crippen LogP) is 3.58. The summed E-state index contributed by atoms with van der Waals surface area (Å²) in [5.74, 6) is 0.438. The fraction of sp³-hybridized carbons (Fsp3) is 0.0526. The van der Waals surface area contributed by atoms with Gasteiger partial charge in [0.25, 0.3) is 0 Å². The van der Waals surface area contributed by atoms with Crippen LogP contribution in [0.4, 0.5) is 4.39 Å². The average molecular weight is 344 g/mol. The molecule has 0 N–H and O–H groups in total. The predicted molar refractivity (Wildman–Crippen MR) is 95.5 cm³/mol. The summed E-state index contributed by atoms with van der Waals surface area (Å²) >= 11 is 0. The lowest BCUT2D eigenvalue weighted by Crippen LogP contribution is -1.99. The molecule has 0 unspecified atom stereocenters. The Labute approximate surface area is 147 Å². The minimum Gasteiger partial charge on any atom is -0.265 e. The van der Waals surface area contributed by atoms with Gasteiger partial charge in [-0.05, 0) is 37.3 Å². The number of nitrogens with zero attached hydrogens (tertiary/aromatic N) is 6. The van der Waals surface area contributed by atoms with Crippen molar-refractivity contribution in [2.45, 2.75) is 6.92 Å². The third-order valence-electron chi connectivity index (χ3n) is 4.32. The minimum atomic E-state index is -0.291. The first-order chi connectivity index (χ1) is 12.7. The lowest BCUT2D eigenvalue weighted by Gasteiger charge is -2.04. The molecule has 0 aliphatic heterocycles. The number of fused-ring (bicyclic) bond motifs is 3. The highest BCUT2D eigenvalue weighted by atomic mass is 19.1. The van der Waals surface area contributed by atoms with Crippen molar-refractivity contribution in [2.75, 3.05) is 0 Å². The van der Waals surface area contributed by atoms with E-state index >= 15 is 0 Å². The van der Waals surface area contributed by atoms with Crippen molar-refractivity contribution >= 4 is 16.7 Å². The number of hydrogen-bond acceptors (Lipinski definition) is 4. The quantitative estimate of drug-likeness (QED) is 0.491. The van der Waals surface area contributed by atoms with Gasteiger partial charge in [0.15, 0.2) is 17.1 Å². The van der Waals surface area contributed by atoms with Gasteiger partial charge in [0.05, 0.1) is 17.3 Å². The van der Waals surface area contributed by atoms with Gasteiger partial charge in [-0.25, -0.2) is 14.1 Å². The summed E-state index contributed by atoms with van der Waals surface area (Å²) in [4.78, 5) is 4.54. The lowest BCUT2D eigenvalue weighted by atomic mass is 10.1. The maximum Gasteiger partial charge on any atom is 0.175 e. The Kier molecular flexibility index (Phi) is 3.08. The molecule has 6 nitrogen and oxygen atoms in total. The first-order valence-corrected chi connectivity index (χ1v) is 8.11. The van der Waals surface area contributed by atoms with E-state index in [2.05, 4.69) is 26.3 Å². The van der Waals surface area contributed by atoms with Gasteiger partial charge in [0, 0.05) is 5.56 Å². The maximum absolute atomic E-state index is 13.2. The fourth-order valence-electron chi connectivity index (χ4n) is 3.07. The molecule has 126 valence electrons. The second-order valence-electron chi connectivity index (χ2n) is 6.10. The topological polar surface area (TPSA) is 60.9 Å². The number of benzene rings is 2. The third kappa shape index (κ3) is 2.17. The Hall–Kier alpha value is -3.61. The van der Waals surface area contributed by atoms with E-state index in [0.717, 1.165) is 28.0 Å². The molecule has 5 rings (SSSR count).